The molecule has 11 heteroatoms. The Morgan fingerprint density at radius 2 is 1.91 bits per heavy atom. The van der Waals surface area contributed by atoms with E-state index in [4.69, 9.17) is 32.5 Å². The molecule has 6 nitrogen and oxygen atoms in total. The quantitative estimate of drug-likeness (QED) is 0.299. The Hall–Kier alpha value is -3.04. The number of rotatable bonds is 5. The maximum atomic E-state index is 13.4. The molecular weight excluding hydrogens is 470 g/mol. The van der Waals surface area contributed by atoms with Crippen LogP contribution in [0.3, 0.4) is 0 Å². The van der Waals surface area contributed by atoms with E-state index in [-0.39, 0.29) is 40.2 Å². The van der Waals surface area contributed by atoms with Crippen LogP contribution in [0.1, 0.15) is 29.8 Å². The Labute approximate surface area is 189 Å². The van der Waals surface area contributed by atoms with Crippen LogP contribution >= 0.6 is 23.2 Å². The maximum Gasteiger partial charge on any atom is 0.417 e. The molecule has 0 spiro atoms. The number of hydrogen-bond donors (Lipinski definition) is 0. The lowest BCUT2D eigenvalue weighted by atomic mass is 10.1. The highest BCUT2D eigenvalue weighted by molar-refractivity contribution is 6.35. The second-order valence-electron chi connectivity index (χ2n) is 7.13. The molecule has 0 radical (unpaired) electrons. The molecule has 0 fully saturated rings. The largest absolute Gasteiger partial charge is 0.489 e. The normalized spacial score (nSPS) is 12.0. The lowest BCUT2D eigenvalue weighted by Crippen LogP contribution is -2.09. The zero-order valence-electron chi connectivity index (χ0n) is 16.6. The second-order valence-corrected chi connectivity index (χ2v) is 7.94. The maximum absolute atomic E-state index is 13.4. The average molecular weight is 484 g/mol. The number of aromatic nitrogens is 3. The molecule has 166 valence electrons. The zero-order valence-corrected chi connectivity index (χ0v) is 18.1. The lowest BCUT2D eigenvalue weighted by molar-refractivity contribution is -0.137. The average Bonchev–Trinajstić information content (AvgIpc) is 3.32. The Morgan fingerprint density at radius 1 is 1.16 bits per heavy atom. The molecule has 0 aliphatic rings. The first-order valence-electron chi connectivity index (χ1n) is 9.26. The van der Waals surface area contributed by atoms with Gasteiger partial charge in [0.05, 0.1) is 27.2 Å². The van der Waals surface area contributed by atoms with Crippen LogP contribution in [0.5, 0.6) is 5.75 Å². The van der Waals surface area contributed by atoms with E-state index < -0.39 is 17.3 Å². The van der Waals surface area contributed by atoms with E-state index in [0.29, 0.717) is 16.3 Å². The van der Waals surface area contributed by atoms with Gasteiger partial charge >= 0.3 is 6.18 Å². The number of nitrogens with zero attached hydrogens (tertiary/aromatic N) is 3. The van der Waals surface area contributed by atoms with Crippen LogP contribution in [-0.4, -0.2) is 27.1 Å². The van der Waals surface area contributed by atoms with Crippen LogP contribution in [-0.2, 0) is 6.18 Å². The van der Waals surface area contributed by atoms with Gasteiger partial charge in [-0.1, -0.05) is 23.2 Å². The van der Waals surface area contributed by atoms with Crippen molar-refractivity contribution in [2.45, 2.75) is 26.1 Å². The third kappa shape index (κ3) is 4.05. The van der Waals surface area contributed by atoms with E-state index in [9.17, 15) is 18.0 Å². The number of alkyl halides is 3. The van der Waals surface area contributed by atoms with Gasteiger partial charge in [-0.2, -0.15) is 18.2 Å². The molecule has 0 amide bonds. The number of hydrogen-bond acceptors (Lipinski definition) is 5. The van der Waals surface area contributed by atoms with Gasteiger partial charge in [-0.05, 0) is 49.3 Å². The van der Waals surface area contributed by atoms with Crippen molar-refractivity contribution in [1.82, 2.24) is 14.7 Å². The molecule has 0 aliphatic carbocycles. The summed E-state index contributed by atoms with van der Waals surface area (Å²) in [6.07, 6.45) is -3.31. The first-order chi connectivity index (χ1) is 15.1. The number of carbonyl (C=O) groups is 1. The molecule has 0 aliphatic heterocycles. The number of carbonyl (C=O) groups excluding carboxylic acids is 1. The molecule has 32 heavy (non-hydrogen) atoms. The summed E-state index contributed by atoms with van der Waals surface area (Å²) in [5.41, 5.74) is -1.05. The van der Waals surface area contributed by atoms with Gasteiger partial charge in [-0.25, -0.2) is 0 Å². The van der Waals surface area contributed by atoms with Crippen LogP contribution in [0, 0.1) is 0 Å². The van der Waals surface area contributed by atoms with Crippen LogP contribution in [0.15, 0.2) is 41.1 Å². The monoisotopic (exact) mass is 483 g/mol. The van der Waals surface area contributed by atoms with E-state index in [2.05, 4.69) is 10.1 Å². The minimum absolute atomic E-state index is 0.0393. The summed E-state index contributed by atoms with van der Waals surface area (Å²) >= 11 is 12.4. The van der Waals surface area contributed by atoms with Gasteiger partial charge in [-0.3, -0.25) is 9.36 Å². The molecule has 0 atom stereocenters. The SMILES string of the molecule is CC(C)Oc1ccc(-c2nc(-n3cc(Cl)c4cc(C=O)c(C(F)(F)F)cc43)no2)cc1Cl. The molecule has 0 saturated heterocycles. The Balaban J connectivity index is 1.78. The van der Waals surface area contributed by atoms with Crippen molar-refractivity contribution in [1.29, 1.82) is 0 Å². The topological polar surface area (TPSA) is 70.2 Å². The van der Waals surface area contributed by atoms with Crippen LogP contribution in [0.2, 0.25) is 10.0 Å². The van der Waals surface area contributed by atoms with Crippen molar-refractivity contribution in [3.8, 4) is 23.2 Å². The van der Waals surface area contributed by atoms with Gasteiger partial charge in [0.25, 0.3) is 11.8 Å². The fraction of sp³-hybridized carbons (Fsp3) is 0.190. The minimum atomic E-state index is -4.73. The Bertz CT molecular complexity index is 1330. The highest BCUT2D eigenvalue weighted by Gasteiger charge is 2.34. The lowest BCUT2D eigenvalue weighted by Gasteiger charge is -2.11. The third-order valence-corrected chi connectivity index (χ3v) is 5.13. The summed E-state index contributed by atoms with van der Waals surface area (Å²) < 4.78 is 52.3. The molecule has 4 aromatic rings. The fourth-order valence-electron chi connectivity index (χ4n) is 3.17. The number of aldehydes is 1. The van der Waals surface area contributed by atoms with Gasteiger partial charge < -0.3 is 9.26 Å². The minimum Gasteiger partial charge on any atom is -0.489 e. The van der Waals surface area contributed by atoms with Gasteiger partial charge in [0.15, 0.2) is 6.29 Å². The van der Waals surface area contributed by atoms with E-state index in [1.807, 2.05) is 13.8 Å². The van der Waals surface area contributed by atoms with Crippen molar-refractivity contribution in [3.63, 3.8) is 0 Å². The zero-order chi connectivity index (χ0) is 23.2. The van der Waals surface area contributed by atoms with E-state index in [0.717, 1.165) is 12.1 Å². The molecule has 2 aromatic heterocycles. The summed E-state index contributed by atoms with van der Waals surface area (Å²) in [6.45, 7) is 3.73. The van der Waals surface area contributed by atoms with Crippen LogP contribution in [0.25, 0.3) is 28.3 Å². The molecule has 0 N–H and O–H groups in total. The van der Waals surface area contributed by atoms with Crippen molar-refractivity contribution in [2.75, 3.05) is 0 Å². The van der Waals surface area contributed by atoms with Gasteiger partial charge in [0, 0.05) is 22.7 Å². The number of benzene rings is 2. The molecule has 4 rings (SSSR count). The van der Waals surface area contributed by atoms with Crippen molar-refractivity contribution in [3.05, 3.63) is 57.7 Å². The highest BCUT2D eigenvalue weighted by Crippen LogP contribution is 2.37. The molecular formula is C21H14Cl2F3N3O3. The molecule has 2 heterocycles. The Kier molecular flexibility index (Phi) is 5.64. The van der Waals surface area contributed by atoms with Crippen LogP contribution < -0.4 is 4.74 Å². The first kappa shape index (κ1) is 22.2. The number of ether oxygens (including phenoxy) is 1. The summed E-state index contributed by atoms with van der Waals surface area (Å²) in [4.78, 5) is 15.4. The Morgan fingerprint density at radius 3 is 2.53 bits per heavy atom. The second kappa shape index (κ2) is 8.14. The number of halogens is 5. The predicted octanol–water partition coefficient (Wildman–Crippen LogP) is 6.61. The van der Waals surface area contributed by atoms with Crippen molar-refractivity contribution >= 4 is 40.4 Å². The van der Waals surface area contributed by atoms with E-state index in [1.165, 1.54) is 10.8 Å². The van der Waals surface area contributed by atoms with Crippen LogP contribution in [0.4, 0.5) is 13.2 Å². The van der Waals surface area contributed by atoms with Gasteiger partial charge in [0.1, 0.15) is 5.75 Å². The summed E-state index contributed by atoms with van der Waals surface area (Å²) in [5.74, 6) is 0.540. The molecule has 0 bridgehead atoms. The standard InChI is InChI=1S/C21H14Cl2F3N3O3/c1-10(2)31-18-4-3-11(6-15(18)22)19-27-20(28-32-19)29-8-16(23)13-5-12(9-30)14(7-17(13)29)21(24,25)26/h3-10H,1-2H3. The van der Waals surface area contributed by atoms with E-state index >= 15 is 0 Å². The van der Waals surface area contributed by atoms with Gasteiger partial charge in [-0.15, -0.1) is 0 Å². The van der Waals surface area contributed by atoms with Crippen molar-refractivity contribution in [2.24, 2.45) is 0 Å². The fourth-order valence-corrected chi connectivity index (χ4v) is 3.64. The third-order valence-electron chi connectivity index (χ3n) is 4.53. The summed E-state index contributed by atoms with van der Waals surface area (Å²) in [7, 11) is 0. The highest BCUT2D eigenvalue weighted by atomic mass is 35.5. The molecule has 0 saturated carbocycles. The molecule has 2 aromatic carbocycles. The summed E-state index contributed by atoms with van der Waals surface area (Å²) in [6, 6.07) is 6.81. The predicted molar refractivity (Wildman–Crippen MR) is 113 cm³/mol. The van der Waals surface area contributed by atoms with Gasteiger partial charge in [0.2, 0.25) is 0 Å². The number of fused-ring (bicyclic) bond motifs is 1. The summed E-state index contributed by atoms with van der Waals surface area (Å²) in [5, 5.41) is 4.56. The van der Waals surface area contributed by atoms with E-state index in [1.54, 1.807) is 18.2 Å². The molecule has 0 unspecified atom stereocenters. The first-order valence-corrected chi connectivity index (χ1v) is 10.0. The smallest absolute Gasteiger partial charge is 0.417 e. The van der Waals surface area contributed by atoms with Crippen molar-refractivity contribution < 1.29 is 27.2 Å².